The van der Waals surface area contributed by atoms with Crippen molar-refractivity contribution in [3.8, 4) is 16.9 Å². The Kier molecular flexibility index (Phi) is 6.73. The van der Waals surface area contributed by atoms with Gasteiger partial charge in [0.15, 0.2) is 0 Å². The Labute approximate surface area is 173 Å². The van der Waals surface area contributed by atoms with E-state index in [2.05, 4.69) is 37.3 Å². The summed E-state index contributed by atoms with van der Waals surface area (Å²) >= 11 is 0. The van der Waals surface area contributed by atoms with Gasteiger partial charge in [0.2, 0.25) is 0 Å². The highest BCUT2D eigenvalue weighted by molar-refractivity contribution is 5.68. The number of rotatable bonds is 8. The van der Waals surface area contributed by atoms with Gasteiger partial charge in [0.25, 0.3) is 0 Å². The van der Waals surface area contributed by atoms with Crippen molar-refractivity contribution in [1.29, 1.82) is 0 Å². The molecular weight excluding hydrogens is 360 g/mol. The van der Waals surface area contributed by atoms with Crippen LogP contribution in [0.4, 0.5) is 0 Å². The molecule has 3 aromatic rings. The summed E-state index contributed by atoms with van der Waals surface area (Å²) in [7, 11) is 0. The zero-order valence-electron chi connectivity index (χ0n) is 17.5. The first-order valence-electron chi connectivity index (χ1n) is 10.2. The van der Waals surface area contributed by atoms with Gasteiger partial charge in [-0.05, 0) is 71.3 Å². The molecule has 0 amide bonds. The van der Waals surface area contributed by atoms with Crippen LogP contribution in [0.5, 0.6) is 5.75 Å². The van der Waals surface area contributed by atoms with E-state index in [1.165, 1.54) is 0 Å². The number of aliphatic hydroxyl groups is 2. The molecule has 3 heteroatoms. The molecule has 2 N–H and O–H groups in total. The molecule has 3 rings (SSSR count). The number of benzene rings is 3. The molecule has 0 aliphatic rings. The topological polar surface area (TPSA) is 49.7 Å². The third kappa shape index (κ3) is 4.87. The lowest BCUT2D eigenvalue weighted by atomic mass is 9.86. The zero-order valence-corrected chi connectivity index (χ0v) is 17.5. The van der Waals surface area contributed by atoms with Crippen molar-refractivity contribution < 1.29 is 14.9 Å². The first-order valence-corrected chi connectivity index (χ1v) is 10.2. The van der Waals surface area contributed by atoms with Gasteiger partial charge in [-0.2, -0.15) is 0 Å². The summed E-state index contributed by atoms with van der Waals surface area (Å²) in [6.07, 6.45) is 1.40. The summed E-state index contributed by atoms with van der Waals surface area (Å²) in [4.78, 5) is 0. The number of ether oxygens (including phenoxy) is 1. The second-order valence-electron chi connectivity index (χ2n) is 7.56. The Morgan fingerprint density at radius 2 is 1.59 bits per heavy atom. The van der Waals surface area contributed by atoms with Gasteiger partial charge >= 0.3 is 0 Å². The number of aliphatic hydroxyl groups excluding tert-OH is 1. The van der Waals surface area contributed by atoms with Crippen molar-refractivity contribution in [2.45, 2.75) is 52.4 Å². The van der Waals surface area contributed by atoms with Crippen LogP contribution in [0.15, 0.2) is 66.7 Å². The van der Waals surface area contributed by atoms with Gasteiger partial charge in [-0.25, -0.2) is 0 Å². The molecule has 0 spiro atoms. The molecule has 0 saturated heterocycles. The van der Waals surface area contributed by atoms with Gasteiger partial charge in [-0.1, -0.05) is 62.4 Å². The molecule has 3 aromatic carbocycles. The minimum atomic E-state index is -0.762. The van der Waals surface area contributed by atoms with Crippen LogP contribution in [-0.2, 0) is 18.8 Å². The average Bonchev–Trinajstić information content (AvgIpc) is 2.77. The first kappa shape index (κ1) is 21.1. The molecule has 0 bridgehead atoms. The fraction of sp³-hybridized carbons (Fsp3) is 0.308. The van der Waals surface area contributed by atoms with Crippen molar-refractivity contribution in [2.75, 3.05) is 0 Å². The van der Waals surface area contributed by atoms with Gasteiger partial charge in [0.1, 0.15) is 12.4 Å². The summed E-state index contributed by atoms with van der Waals surface area (Å²) in [5.41, 5.74) is 5.58. The van der Waals surface area contributed by atoms with Gasteiger partial charge in [0, 0.05) is 0 Å². The number of hydrogen-bond donors (Lipinski definition) is 2. The summed E-state index contributed by atoms with van der Waals surface area (Å²) in [5, 5.41) is 20.1. The van der Waals surface area contributed by atoms with Crippen molar-refractivity contribution in [3.05, 3.63) is 89.0 Å². The Morgan fingerprint density at radius 3 is 2.28 bits per heavy atom. The lowest BCUT2D eigenvalue weighted by Gasteiger charge is -2.26. The molecule has 29 heavy (non-hydrogen) atoms. The summed E-state index contributed by atoms with van der Waals surface area (Å²) in [6, 6.07) is 22.1. The fourth-order valence-corrected chi connectivity index (χ4v) is 3.66. The molecule has 0 heterocycles. The average molecular weight is 391 g/mol. The van der Waals surface area contributed by atoms with Crippen LogP contribution in [0.25, 0.3) is 11.1 Å². The normalized spacial score (nSPS) is 11.5. The van der Waals surface area contributed by atoms with Gasteiger partial charge in [-0.15, -0.1) is 0 Å². The highest BCUT2D eigenvalue weighted by Crippen LogP contribution is 2.33. The largest absolute Gasteiger partial charge is 0.489 e. The molecular formula is C26H30O3. The smallest absolute Gasteiger partial charge is 0.120 e. The quantitative estimate of drug-likeness (QED) is 0.515. The summed E-state index contributed by atoms with van der Waals surface area (Å²) < 4.78 is 5.90. The molecule has 0 unspecified atom stereocenters. The van der Waals surface area contributed by atoms with Crippen LogP contribution < -0.4 is 4.74 Å². The van der Waals surface area contributed by atoms with E-state index in [4.69, 9.17) is 4.74 Å². The Morgan fingerprint density at radius 1 is 0.862 bits per heavy atom. The molecule has 0 aromatic heterocycles. The summed E-state index contributed by atoms with van der Waals surface area (Å²) in [6.45, 7) is 6.60. The van der Waals surface area contributed by atoms with E-state index in [0.29, 0.717) is 19.4 Å². The second-order valence-corrected chi connectivity index (χ2v) is 7.56. The highest BCUT2D eigenvalue weighted by atomic mass is 16.5. The molecule has 0 fully saturated rings. The van der Waals surface area contributed by atoms with E-state index in [-0.39, 0.29) is 6.61 Å². The van der Waals surface area contributed by atoms with Crippen LogP contribution in [0.2, 0.25) is 0 Å². The maximum Gasteiger partial charge on any atom is 0.120 e. The van der Waals surface area contributed by atoms with Crippen LogP contribution in [0.3, 0.4) is 0 Å². The standard InChI is InChI=1S/C26H30O3/c1-4-26(28,5-2)23-12-13-25(19(3)14-23)22-10-6-9-21(15-22)18-29-24-11-7-8-20(16-24)17-27/h6-16,27-28H,4-5,17-18H2,1-3H3. The molecule has 0 aliphatic carbocycles. The van der Waals surface area contributed by atoms with Crippen LogP contribution in [-0.4, -0.2) is 10.2 Å². The molecule has 0 aliphatic heterocycles. The van der Waals surface area contributed by atoms with Crippen molar-refractivity contribution in [1.82, 2.24) is 0 Å². The maximum absolute atomic E-state index is 10.8. The van der Waals surface area contributed by atoms with Crippen molar-refractivity contribution >= 4 is 0 Å². The monoisotopic (exact) mass is 390 g/mol. The van der Waals surface area contributed by atoms with E-state index >= 15 is 0 Å². The second kappa shape index (κ2) is 9.25. The molecule has 0 saturated carbocycles. The van der Waals surface area contributed by atoms with E-state index in [0.717, 1.165) is 39.1 Å². The third-order valence-electron chi connectivity index (χ3n) is 5.66. The number of aryl methyl sites for hydroxylation is 1. The predicted octanol–water partition coefficient (Wildman–Crippen LogP) is 5.74. The Hall–Kier alpha value is -2.62. The van der Waals surface area contributed by atoms with Crippen LogP contribution >= 0.6 is 0 Å². The summed E-state index contributed by atoms with van der Waals surface area (Å²) in [5.74, 6) is 0.751. The van der Waals surface area contributed by atoms with E-state index in [9.17, 15) is 10.2 Å². The van der Waals surface area contributed by atoms with Crippen molar-refractivity contribution in [3.63, 3.8) is 0 Å². The minimum absolute atomic E-state index is 0.00709. The van der Waals surface area contributed by atoms with Gasteiger partial charge < -0.3 is 14.9 Å². The Balaban J connectivity index is 1.80. The number of hydrogen-bond acceptors (Lipinski definition) is 3. The van der Waals surface area contributed by atoms with Gasteiger partial charge in [-0.3, -0.25) is 0 Å². The first-order chi connectivity index (χ1) is 14.0. The minimum Gasteiger partial charge on any atom is -0.489 e. The molecule has 3 nitrogen and oxygen atoms in total. The maximum atomic E-state index is 10.8. The fourth-order valence-electron chi connectivity index (χ4n) is 3.66. The highest BCUT2D eigenvalue weighted by Gasteiger charge is 2.25. The van der Waals surface area contributed by atoms with E-state index < -0.39 is 5.60 Å². The van der Waals surface area contributed by atoms with Crippen LogP contribution in [0, 0.1) is 6.92 Å². The Bertz CT molecular complexity index is 958. The lowest BCUT2D eigenvalue weighted by Crippen LogP contribution is -2.23. The van der Waals surface area contributed by atoms with E-state index in [1.54, 1.807) is 0 Å². The SMILES string of the molecule is CCC(O)(CC)c1ccc(-c2cccc(COc3cccc(CO)c3)c2)c(C)c1. The predicted molar refractivity (Wildman–Crippen MR) is 118 cm³/mol. The lowest BCUT2D eigenvalue weighted by molar-refractivity contribution is 0.0283. The van der Waals surface area contributed by atoms with Crippen molar-refractivity contribution in [2.24, 2.45) is 0 Å². The third-order valence-corrected chi connectivity index (χ3v) is 5.66. The molecule has 0 atom stereocenters. The van der Waals surface area contributed by atoms with E-state index in [1.807, 2.05) is 50.2 Å². The molecule has 152 valence electrons. The van der Waals surface area contributed by atoms with Crippen LogP contribution in [0.1, 0.15) is 48.9 Å². The van der Waals surface area contributed by atoms with Gasteiger partial charge in [0.05, 0.1) is 12.2 Å². The molecule has 0 radical (unpaired) electrons. The zero-order chi connectivity index (χ0) is 20.9.